The number of thiazole rings is 1. The number of anilines is 1. The van der Waals surface area contributed by atoms with Crippen molar-refractivity contribution in [3.63, 3.8) is 0 Å². The number of benzene rings is 2. The van der Waals surface area contributed by atoms with E-state index in [9.17, 15) is 9.59 Å². The van der Waals surface area contributed by atoms with Crippen LogP contribution in [0.3, 0.4) is 0 Å². The Hall–Kier alpha value is -2.74. The van der Waals surface area contributed by atoms with Crippen LogP contribution in [0.25, 0.3) is 0 Å². The van der Waals surface area contributed by atoms with Crippen molar-refractivity contribution in [2.45, 2.75) is 32.4 Å². The Morgan fingerprint density at radius 1 is 1.03 bits per heavy atom. The Morgan fingerprint density at radius 2 is 1.76 bits per heavy atom. The molecule has 0 radical (unpaired) electrons. The molecule has 0 bridgehead atoms. The lowest BCUT2D eigenvalue weighted by Gasteiger charge is -2.31. The Bertz CT molecular complexity index is 1160. The summed E-state index contributed by atoms with van der Waals surface area (Å²) in [7, 11) is 0. The molecule has 2 aromatic carbocycles. The van der Waals surface area contributed by atoms with E-state index in [0.29, 0.717) is 41.6 Å². The minimum absolute atomic E-state index is 0.00540. The number of aromatic nitrogens is 1. The van der Waals surface area contributed by atoms with Crippen LogP contribution >= 0.6 is 22.9 Å². The van der Waals surface area contributed by atoms with E-state index < -0.39 is 0 Å². The molecule has 3 heterocycles. The van der Waals surface area contributed by atoms with E-state index in [1.165, 1.54) is 10.4 Å². The van der Waals surface area contributed by atoms with Gasteiger partial charge in [-0.05, 0) is 42.7 Å². The van der Waals surface area contributed by atoms with E-state index in [1.54, 1.807) is 35.6 Å². The van der Waals surface area contributed by atoms with Crippen LogP contribution in [0.4, 0.5) is 5.13 Å². The summed E-state index contributed by atoms with van der Waals surface area (Å²) in [5.41, 5.74) is 3.04. The molecule has 1 fully saturated rings. The maximum absolute atomic E-state index is 12.9. The van der Waals surface area contributed by atoms with Crippen LogP contribution in [-0.4, -0.2) is 46.2 Å². The number of amides is 2. The molecule has 34 heavy (non-hydrogen) atoms. The maximum atomic E-state index is 12.9. The molecule has 2 aliphatic rings. The Kier molecular flexibility index (Phi) is 6.94. The van der Waals surface area contributed by atoms with E-state index in [4.69, 9.17) is 16.6 Å². The molecule has 1 saturated heterocycles. The molecule has 5 rings (SSSR count). The Labute approximate surface area is 208 Å². The van der Waals surface area contributed by atoms with Crippen molar-refractivity contribution in [2.24, 2.45) is 5.92 Å². The lowest BCUT2D eigenvalue weighted by Crippen LogP contribution is -2.41. The van der Waals surface area contributed by atoms with Crippen LogP contribution in [0.1, 0.15) is 39.3 Å². The topological polar surface area (TPSA) is 65.5 Å². The van der Waals surface area contributed by atoms with Crippen LogP contribution in [0, 0.1) is 5.92 Å². The van der Waals surface area contributed by atoms with Crippen LogP contribution in [-0.2, 0) is 24.3 Å². The first kappa shape index (κ1) is 23.0. The van der Waals surface area contributed by atoms with Crippen molar-refractivity contribution in [3.05, 3.63) is 81.3 Å². The summed E-state index contributed by atoms with van der Waals surface area (Å²) in [4.78, 5) is 35.8. The molecule has 6 nitrogen and oxygen atoms in total. The first-order valence-corrected chi connectivity index (χ1v) is 12.8. The van der Waals surface area contributed by atoms with Crippen molar-refractivity contribution in [3.8, 4) is 0 Å². The summed E-state index contributed by atoms with van der Waals surface area (Å²) in [5.74, 6) is -0.112. The van der Waals surface area contributed by atoms with E-state index in [-0.39, 0.29) is 17.7 Å². The predicted octanol–water partition coefficient (Wildman–Crippen LogP) is 4.85. The number of carbonyl (C=O) groups is 2. The third-order valence-corrected chi connectivity index (χ3v) is 7.78. The second kappa shape index (κ2) is 10.3. The second-order valence-corrected chi connectivity index (χ2v) is 10.4. The third kappa shape index (κ3) is 5.32. The summed E-state index contributed by atoms with van der Waals surface area (Å²) in [6, 6.07) is 17.4. The van der Waals surface area contributed by atoms with Crippen LogP contribution in [0.15, 0.2) is 54.6 Å². The van der Waals surface area contributed by atoms with Gasteiger partial charge in [-0.2, -0.15) is 0 Å². The molecule has 1 aromatic heterocycles. The van der Waals surface area contributed by atoms with Gasteiger partial charge < -0.3 is 10.2 Å². The van der Waals surface area contributed by atoms with Gasteiger partial charge in [-0.1, -0.05) is 41.9 Å². The Balaban J connectivity index is 1.13. The largest absolute Gasteiger partial charge is 0.339 e. The summed E-state index contributed by atoms with van der Waals surface area (Å²) in [5, 5.41) is 4.35. The molecule has 176 valence electrons. The molecule has 1 N–H and O–H groups in total. The molecule has 0 unspecified atom stereocenters. The van der Waals surface area contributed by atoms with Crippen LogP contribution in [0.2, 0.25) is 5.02 Å². The lowest BCUT2D eigenvalue weighted by molar-refractivity contribution is -0.121. The van der Waals surface area contributed by atoms with Gasteiger partial charge >= 0.3 is 0 Å². The number of carbonyl (C=O) groups excluding carboxylic acids is 2. The fourth-order valence-electron chi connectivity index (χ4n) is 4.61. The van der Waals surface area contributed by atoms with Gasteiger partial charge in [0.15, 0.2) is 5.13 Å². The number of likely N-dealkylation sites (tertiary alicyclic amines) is 1. The van der Waals surface area contributed by atoms with Gasteiger partial charge in [-0.15, -0.1) is 11.3 Å². The number of fused-ring (bicyclic) bond motifs is 1. The molecule has 3 aromatic rings. The minimum atomic E-state index is -0.107. The number of rotatable bonds is 5. The highest BCUT2D eigenvalue weighted by molar-refractivity contribution is 7.15. The summed E-state index contributed by atoms with van der Waals surface area (Å²) in [6.45, 7) is 3.90. The number of hydrogen-bond acceptors (Lipinski definition) is 5. The molecule has 0 saturated carbocycles. The Morgan fingerprint density at radius 3 is 2.50 bits per heavy atom. The lowest BCUT2D eigenvalue weighted by atomic mass is 9.95. The zero-order chi connectivity index (χ0) is 23.5. The van der Waals surface area contributed by atoms with Crippen LogP contribution in [0.5, 0.6) is 0 Å². The maximum Gasteiger partial charge on any atom is 0.253 e. The van der Waals surface area contributed by atoms with E-state index in [1.807, 2.05) is 11.0 Å². The number of halogens is 1. The highest BCUT2D eigenvalue weighted by atomic mass is 35.5. The molecule has 0 aliphatic carbocycles. The zero-order valence-electron chi connectivity index (χ0n) is 18.9. The quantitative estimate of drug-likeness (QED) is 0.551. The summed E-state index contributed by atoms with van der Waals surface area (Å²) >= 11 is 7.51. The van der Waals surface area contributed by atoms with E-state index in [2.05, 4.69) is 34.5 Å². The molecule has 2 amide bonds. The van der Waals surface area contributed by atoms with Crippen molar-refractivity contribution >= 4 is 39.9 Å². The highest BCUT2D eigenvalue weighted by Crippen LogP contribution is 2.30. The monoisotopic (exact) mass is 494 g/mol. The number of piperidine rings is 1. The zero-order valence-corrected chi connectivity index (χ0v) is 20.4. The predicted molar refractivity (Wildman–Crippen MR) is 135 cm³/mol. The normalized spacial score (nSPS) is 16.8. The molecule has 8 heteroatoms. The highest BCUT2D eigenvalue weighted by Gasteiger charge is 2.29. The number of nitrogens with one attached hydrogen (secondary N) is 1. The first-order chi connectivity index (χ1) is 16.5. The average molecular weight is 495 g/mol. The smallest absolute Gasteiger partial charge is 0.253 e. The SMILES string of the molecule is O=C(Nc1nc2c(s1)CN(Cc1ccccc1)CC2)C1CCN(C(=O)c2ccc(Cl)cc2)CC1. The first-order valence-electron chi connectivity index (χ1n) is 11.7. The fraction of sp³-hybridized carbons (Fsp3) is 0.346. The summed E-state index contributed by atoms with van der Waals surface area (Å²) < 4.78 is 0. The fourth-order valence-corrected chi connectivity index (χ4v) is 5.79. The second-order valence-electron chi connectivity index (χ2n) is 8.90. The molecule has 0 spiro atoms. The standard InChI is InChI=1S/C26H27ClN4O2S/c27-21-8-6-20(7-9-21)25(33)31-14-10-19(11-15-31)24(32)29-26-28-22-12-13-30(17-23(22)34-26)16-18-4-2-1-3-5-18/h1-9,19H,10-17H2,(H,28,29,32). The van der Waals surface area contributed by atoms with Crippen molar-refractivity contribution in [2.75, 3.05) is 25.0 Å². The summed E-state index contributed by atoms with van der Waals surface area (Å²) in [6.07, 6.45) is 2.21. The molecule has 0 atom stereocenters. The van der Waals surface area contributed by atoms with Gasteiger partial charge in [0.1, 0.15) is 0 Å². The minimum Gasteiger partial charge on any atom is -0.339 e. The van der Waals surface area contributed by atoms with Crippen molar-refractivity contribution in [1.29, 1.82) is 0 Å². The van der Waals surface area contributed by atoms with Gasteiger partial charge in [-0.25, -0.2) is 4.98 Å². The van der Waals surface area contributed by atoms with Gasteiger partial charge in [0.25, 0.3) is 5.91 Å². The average Bonchev–Trinajstić information content (AvgIpc) is 3.26. The van der Waals surface area contributed by atoms with Gasteiger partial charge in [0.2, 0.25) is 5.91 Å². The molecular weight excluding hydrogens is 468 g/mol. The van der Waals surface area contributed by atoms with Crippen LogP contribution < -0.4 is 5.32 Å². The number of hydrogen-bond donors (Lipinski definition) is 1. The van der Waals surface area contributed by atoms with Gasteiger partial charge in [0.05, 0.1) is 5.69 Å². The van der Waals surface area contributed by atoms with Gasteiger partial charge in [-0.3, -0.25) is 14.5 Å². The van der Waals surface area contributed by atoms with Gasteiger partial charge in [0, 0.05) is 60.5 Å². The van der Waals surface area contributed by atoms with E-state index in [0.717, 1.165) is 31.7 Å². The van der Waals surface area contributed by atoms with Crippen molar-refractivity contribution < 1.29 is 9.59 Å². The third-order valence-electron chi connectivity index (χ3n) is 6.53. The molecular formula is C26H27ClN4O2S. The van der Waals surface area contributed by atoms with Crippen molar-refractivity contribution in [1.82, 2.24) is 14.8 Å². The number of nitrogens with zero attached hydrogens (tertiary/aromatic N) is 3. The molecule has 2 aliphatic heterocycles. The van der Waals surface area contributed by atoms with E-state index >= 15 is 0 Å².